The topological polar surface area (TPSA) is 22.1 Å². The van der Waals surface area contributed by atoms with Crippen molar-refractivity contribution in [1.82, 2.24) is 4.98 Å². The smallest absolute Gasteiger partial charge is 0.228 e. The number of ether oxygens (including phenoxy) is 1. The highest BCUT2D eigenvalue weighted by Gasteiger charge is 2.03. The van der Waals surface area contributed by atoms with Crippen molar-refractivity contribution in [3.05, 3.63) is 9.34 Å². The molecular formula is C5H6ClNOS. The molecular weight excluding hydrogens is 158 g/mol. The number of methoxy groups -OCH3 is 1. The summed E-state index contributed by atoms with van der Waals surface area (Å²) in [6, 6.07) is 0. The van der Waals surface area contributed by atoms with E-state index < -0.39 is 0 Å². The first-order valence-corrected chi connectivity index (χ1v) is 3.60. The first-order chi connectivity index (χ1) is 4.24. The SMILES string of the molecule is COc1nc(Cl)sc1C. The Morgan fingerprint density at radius 3 is 2.56 bits per heavy atom. The van der Waals surface area contributed by atoms with Gasteiger partial charge in [-0.1, -0.05) is 11.6 Å². The fourth-order valence-corrected chi connectivity index (χ4v) is 1.56. The Bertz CT molecular complexity index is 211. The van der Waals surface area contributed by atoms with Gasteiger partial charge in [0, 0.05) is 0 Å². The molecule has 0 saturated heterocycles. The van der Waals surface area contributed by atoms with Crippen LogP contribution in [-0.4, -0.2) is 12.1 Å². The van der Waals surface area contributed by atoms with Gasteiger partial charge >= 0.3 is 0 Å². The summed E-state index contributed by atoms with van der Waals surface area (Å²) in [6.45, 7) is 1.92. The van der Waals surface area contributed by atoms with E-state index in [1.165, 1.54) is 11.3 Å². The summed E-state index contributed by atoms with van der Waals surface area (Å²) in [4.78, 5) is 4.91. The average molecular weight is 164 g/mol. The van der Waals surface area contributed by atoms with Crippen LogP contribution in [0, 0.1) is 6.92 Å². The maximum Gasteiger partial charge on any atom is 0.228 e. The van der Waals surface area contributed by atoms with Gasteiger partial charge in [-0.2, -0.15) is 4.98 Å². The van der Waals surface area contributed by atoms with Crippen LogP contribution in [0.4, 0.5) is 0 Å². The number of rotatable bonds is 1. The zero-order valence-corrected chi connectivity index (χ0v) is 6.71. The van der Waals surface area contributed by atoms with Crippen LogP contribution in [-0.2, 0) is 0 Å². The zero-order valence-electron chi connectivity index (χ0n) is 5.14. The molecule has 0 aromatic carbocycles. The number of halogens is 1. The van der Waals surface area contributed by atoms with E-state index in [-0.39, 0.29) is 0 Å². The van der Waals surface area contributed by atoms with Gasteiger partial charge in [0.05, 0.1) is 12.0 Å². The molecule has 4 heteroatoms. The average Bonchev–Trinajstić information content (AvgIpc) is 2.10. The monoisotopic (exact) mass is 163 g/mol. The fourth-order valence-electron chi connectivity index (χ4n) is 0.541. The zero-order chi connectivity index (χ0) is 6.85. The van der Waals surface area contributed by atoms with E-state index in [1.54, 1.807) is 7.11 Å². The van der Waals surface area contributed by atoms with Crippen molar-refractivity contribution in [2.75, 3.05) is 7.11 Å². The predicted molar refractivity (Wildman–Crippen MR) is 38.4 cm³/mol. The minimum atomic E-state index is 0.532. The maximum atomic E-state index is 5.57. The molecule has 0 bridgehead atoms. The summed E-state index contributed by atoms with van der Waals surface area (Å²) in [5.41, 5.74) is 0. The number of aryl methyl sites for hydroxylation is 1. The van der Waals surface area contributed by atoms with Crippen LogP contribution >= 0.6 is 22.9 Å². The number of nitrogens with zero attached hydrogens (tertiary/aromatic N) is 1. The van der Waals surface area contributed by atoms with Crippen molar-refractivity contribution in [3.63, 3.8) is 0 Å². The van der Waals surface area contributed by atoms with Crippen molar-refractivity contribution < 1.29 is 4.74 Å². The van der Waals surface area contributed by atoms with Gasteiger partial charge in [-0.15, -0.1) is 11.3 Å². The van der Waals surface area contributed by atoms with Crippen LogP contribution in [0.2, 0.25) is 4.47 Å². The molecule has 50 valence electrons. The molecule has 0 aliphatic heterocycles. The van der Waals surface area contributed by atoms with E-state index in [0.717, 1.165) is 4.88 Å². The Morgan fingerprint density at radius 2 is 2.33 bits per heavy atom. The fraction of sp³-hybridized carbons (Fsp3) is 0.400. The standard InChI is InChI=1S/C5H6ClNOS/c1-3-4(8-2)7-5(6)9-3/h1-2H3. The van der Waals surface area contributed by atoms with Crippen molar-refractivity contribution in [3.8, 4) is 5.88 Å². The first-order valence-electron chi connectivity index (χ1n) is 2.41. The molecule has 0 fully saturated rings. The summed E-state index contributed by atoms with van der Waals surface area (Å²) in [5.74, 6) is 0.630. The van der Waals surface area contributed by atoms with E-state index in [4.69, 9.17) is 16.3 Å². The molecule has 0 saturated carbocycles. The van der Waals surface area contributed by atoms with Crippen LogP contribution in [0.1, 0.15) is 4.88 Å². The number of thiazole rings is 1. The maximum absolute atomic E-state index is 5.57. The van der Waals surface area contributed by atoms with Crippen LogP contribution in [0.5, 0.6) is 5.88 Å². The van der Waals surface area contributed by atoms with Gasteiger partial charge in [0.25, 0.3) is 0 Å². The molecule has 1 heterocycles. The van der Waals surface area contributed by atoms with E-state index in [2.05, 4.69) is 4.98 Å². The molecule has 0 radical (unpaired) electrons. The van der Waals surface area contributed by atoms with Gasteiger partial charge in [0.15, 0.2) is 4.47 Å². The molecule has 0 aliphatic carbocycles. The lowest BCUT2D eigenvalue weighted by molar-refractivity contribution is 0.398. The third kappa shape index (κ3) is 1.34. The van der Waals surface area contributed by atoms with Gasteiger partial charge < -0.3 is 4.74 Å². The van der Waals surface area contributed by atoms with E-state index in [9.17, 15) is 0 Å². The summed E-state index contributed by atoms with van der Waals surface area (Å²) < 4.78 is 5.41. The van der Waals surface area contributed by atoms with Crippen molar-refractivity contribution >= 4 is 22.9 Å². The molecule has 1 rings (SSSR count). The molecule has 0 atom stereocenters. The van der Waals surface area contributed by atoms with Gasteiger partial charge in [0.2, 0.25) is 5.88 Å². The van der Waals surface area contributed by atoms with E-state index in [0.29, 0.717) is 10.3 Å². The summed E-state index contributed by atoms with van der Waals surface area (Å²) in [6.07, 6.45) is 0. The number of hydrogen-bond acceptors (Lipinski definition) is 3. The molecule has 0 spiro atoms. The third-order valence-electron chi connectivity index (χ3n) is 0.921. The highest BCUT2D eigenvalue weighted by Crippen LogP contribution is 2.26. The Hall–Kier alpha value is -0.280. The second-order valence-corrected chi connectivity index (χ2v) is 3.32. The minimum absolute atomic E-state index is 0.532. The molecule has 2 nitrogen and oxygen atoms in total. The van der Waals surface area contributed by atoms with Crippen LogP contribution in [0.15, 0.2) is 0 Å². The second kappa shape index (κ2) is 2.54. The lowest BCUT2D eigenvalue weighted by Gasteiger charge is -1.90. The van der Waals surface area contributed by atoms with E-state index >= 15 is 0 Å². The van der Waals surface area contributed by atoms with Gasteiger partial charge in [0.1, 0.15) is 0 Å². The number of aromatic nitrogens is 1. The first kappa shape index (κ1) is 6.83. The lowest BCUT2D eigenvalue weighted by atomic mass is 10.6. The quantitative estimate of drug-likeness (QED) is 0.633. The van der Waals surface area contributed by atoms with Crippen molar-refractivity contribution in [2.24, 2.45) is 0 Å². The molecule has 9 heavy (non-hydrogen) atoms. The minimum Gasteiger partial charge on any atom is -0.480 e. The summed E-state index contributed by atoms with van der Waals surface area (Å²) in [5, 5.41) is 0. The van der Waals surface area contributed by atoms with Crippen LogP contribution < -0.4 is 4.74 Å². The van der Waals surface area contributed by atoms with Crippen LogP contribution in [0.3, 0.4) is 0 Å². The van der Waals surface area contributed by atoms with Gasteiger partial charge in [-0.25, -0.2) is 0 Å². The summed E-state index contributed by atoms with van der Waals surface area (Å²) in [7, 11) is 1.58. The second-order valence-electron chi connectivity index (χ2n) is 1.53. The Balaban J connectivity index is 3.01. The third-order valence-corrected chi connectivity index (χ3v) is 1.98. The lowest BCUT2D eigenvalue weighted by Crippen LogP contribution is -1.82. The van der Waals surface area contributed by atoms with Crippen LogP contribution in [0.25, 0.3) is 0 Å². The molecule has 0 aliphatic rings. The Morgan fingerprint density at radius 1 is 1.67 bits per heavy atom. The van der Waals surface area contributed by atoms with Gasteiger partial charge in [-0.3, -0.25) is 0 Å². The summed E-state index contributed by atoms with van der Waals surface area (Å²) >= 11 is 6.99. The molecule has 1 aromatic rings. The Kier molecular flexibility index (Phi) is 1.93. The van der Waals surface area contributed by atoms with E-state index in [1.807, 2.05) is 6.92 Å². The molecule has 0 unspecified atom stereocenters. The highest BCUT2D eigenvalue weighted by atomic mass is 35.5. The van der Waals surface area contributed by atoms with Crippen molar-refractivity contribution in [1.29, 1.82) is 0 Å². The normalized spacial score (nSPS) is 9.67. The largest absolute Gasteiger partial charge is 0.480 e. The number of hydrogen-bond donors (Lipinski definition) is 0. The predicted octanol–water partition coefficient (Wildman–Crippen LogP) is 2.11. The van der Waals surface area contributed by atoms with Crippen molar-refractivity contribution in [2.45, 2.75) is 6.92 Å². The highest BCUT2D eigenvalue weighted by molar-refractivity contribution is 7.15. The Labute approximate surface area is 62.4 Å². The molecule has 0 amide bonds. The molecule has 0 N–H and O–H groups in total. The molecule has 1 aromatic heterocycles. The van der Waals surface area contributed by atoms with Gasteiger partial charge in [-0.05, 0) is 6.92 Å².